The van der Waals surface area contributed by atoms with Crippen LogP contribution in [0.15, 0.2) is 29.2 Å². The van der Waals surface area contributed by atoms with E-state index in [1.54, 1.807) is 6.92 Å². The number of methoxy groups -OCH3 is 1. The quantitative estimate of drug-likeness (QED) is 0.836. The van der Waals surface area contributed by atoms with Gasteiger partial charge in [-0.15, -0.1) is 0 Å². The summed E-state index contributed by atoms with van der Waals surface area (Å²) < 4.78 is 30.7. The number of halogens is 1. The second-order valence-electron chi connectivity index (χ2n) is 3.56. The van der Waals surface area contributed by atoms with Crippen LogP contribution in [0.4, 0.5) is 0 Å². The zero-order valence-electron chi connectivity index (χ0n) is 10.0. The van der Waals surface area contributed by atoms with Crippen molar-refractivity contribution < 1.29 is 17.9 Å². The SMILES string of the molecule is CC[C@H](NS(=O)(=O)c1ccc(Cl)cc1)C(=O)OC. The van der Waals surface area contributed by atoms with Gasteiger partial charge in [0, 0.05) is 5.02 Å². The summed E-state index contributed by atoms with van der Waals surface area (Å²) >= 11 is 5.68. The van der Waals surface area contributed by atoms with Crippen LogP contribution in [0.2, 0.25) is 5.02 Å². The molecule has 1 aromatic rings. The molecule has 0 unspecified atom stereocenters. The van der Waals surface area contributed by atoms with Crippen LogP contribution in [0.5, 0.6) is 0 Å². The van der Waals surface area contributed by atoms with Gasteiger partial charge in [0.15, 0.2) is 0 Å². The maximum atomic E-state index is 12.0. The molecule has 1 N–H and O–H groups in total. The zero-order chi connectivity index (χ0) is 13.8. The third-order valence-electron chi connectivity index (χ3n) is 2.32. The monoisotopic (exact) mass is 291 g/mol. The number of benzene rings is 1. The van der Waals surface area contributed by atoms with Gasteiger partial charge < -0.3 is 4.74 Å². The van der Waals surface area contributed by atoms with Gasteiger partial charge in [0.25, 0.3) is 0 Å². The molecule has 0 spiro atoms. The Morgan fingerprint density at radius 1 is 1.39 bits per heavy atom. The van der Waals surface area contributed by atoms with Gasteiger partial charge in [0.05, 0.1) is 12.0 Å². The molecule has 18 heavy (non-hydrogen) atoms. The number of hydrogen-bond donors (Lipinski definition) is 1. The Bertz CT molecular complexity index is 512. The predicted molar refractivity (Wildman–Crippen MR) is 67.9 cm³/mol. The molecule has 0 radical (unpaired) electrons. The predicted octanol–water partition coefficient (Wildman–Crippen LogP) is 1.57. The standard InChI is InChI=1S/C11H14ClNO4S/c1-3-10(11(14)17-2)13-18(15,16)9-6-4-8(12)5-7-9/h4-7,10,13H,3H2,1-2H3/t10-/m0/s1. The Balaban J connectivity index is 2.94. The third-order valence-corrected chi connectivity index (χ3v) is 4.05. The van der Waals surface area contributed by atoms with E-state index in [0.29, 0.717) is 11.4 Å². The first-order chi connectivity index (χ1) is 8.40. The van der Waals surface area contributed by atoms with Crippen LogP contribution in [0, 0.1) is 0 Å². The Morgan fingerprint density at radius 2 is 1.94 bits per heavy atom. The highest BCUT2D eigenvalue weighted by molar-refractivity contribution is 7.89. The Kier molecular flexibility index (Phi) is 5.13. The molecule has 0 aliphatic heterocycles. The van der Waals surface area contributed by atoms with Gasteiger partial charge in [-0.3, -0.25) is 4.79 Å². The molecule has 1 atom stereocenters. The zero-order valence-corrected chi connectivity index (χ0v) is 11.6. The number of rotatable bonds is 5. The fourth-order valence-electron chi connectivity index (χ4n) is 1.31. The van der Waals surface area contributed by atoms with E-state index in [2.05, 4.69) is 9.46 Å². The summed E-state index contributed by atoms with van der Waals surface area (Å²) in [6.07, 6.45) is 0.305. The van der Waals surface area contributed by atoms with Gasteiger partial charge >= 0.3 is 5.97 Å². The van der Waals surface area contributed by atoms with Crippen molar-refractivity contribution in [1.29, 1.82) is 0 Å². The molecule has 7 heteroatoms. The second kappa shape index (κ2) is 6.17. The molecule has 0 heterocycles. The maximum absolute atomic E-state index is 12.0. The highest BCUT2D eigenvalue weighted by atomic mass is 35.5. The number of esters is 1. The summed E-state index contributed by atoms with van der Waals surface area (Å²) in [5.74, 6) is -0.616. The lowest BCUT2D eigenvalue weighted by Crippen LogP contribution is -2.40. The number of hydrogen-bond acceptors (Lipinski definition) is 4. The molecule has 0 aliphatic carbocycles. The second-order valence-corrected chi connectivity index (χ2v) is 5.71. The number of sulfonamides is 1. The molecule has 1 aromatic carbocycles. The molecule has 1 rings (SSSR count). The van der Waals surface area contributed by atoms with Crippen molar-refractivity contribution in [1.82, 2.24) is 4.72 Å². The van der Waals surface area contributed by atoms with Gasteiger partial charge in [-0.05, 0) is 30.7 Å². The molecular formula is C11H14ClNO4S. The van der Waals surface area contributed by atoms with E-state index < -0.39 is 22.0 Å². The van der Waals surface area contributed by atoms with E-state index in [1.165, 1.54) is 31.4 Å². The molecule has 0 fully saturated rings. The Morgan fingerprint density at radius 3 is 2.39 bits per heavy atom. The highest BCUT2D eigenvalue weighted by Gasteiger charge is 2.24. The van der Waals surface area contributed by atoms with Crippen LogP contribution >= 0.6 is 11.6 Å². The van der Waals surface area contributed by atoms with Crippen molar-refractivity contribution in [3.8, 4) is 0 Å². The van der Waals surface area contributed by atoms with Crippen LogP contribution in [0.1, 0.15) is 13.3 Å². The van der Waals surface area contributed by atoms with Gasteiger partial charge in [0.1, 0.15) is 6.04 Å². The molecule has 0 aliphatic rings. The van der Waals surface area contributed by atoms with E-state index >= 15 is 0 Å². The average molecular weight is 292 g/mol. The summed E-state index contributed by atoms with van der Waals surface area (Å²) in [4.78, 5) is 11.4. The van der Waals surface area contributed by atoms with Crippen LogP contribution in [-0.4, -0.2) is 27.5 Å². The smallest absolute Gasteiger partial charge is 0.323 e. The van der Waals surface area contributed by atoms with Gasteiger partial charge in [-0.25, -0.2) is 8.42 Å². The number of nitrogens with one attached hydrogen (secondary N) is 1. The third kappa shape index (κ3) is 3.69. The fourth-order valence-corrected chi connectivity index (χ4v) is 2.70. The molecule has 5 nitrogen and oxygen atoms in total. The van der Waals surface area contributed by atoms with E-state index in [0.717, 1.165) is 0 Å². The highest BCUT2D eigenvalue weighted by Crippen LogP contribution is 2.14. The summed E-state index contributed by atoms with van der Waals surface area (Å²) in [6.45, 7) is 1.69. The largest absolute Gasteiger partial charge is 0.468 e. The summed E-state index contributed by atoms with van der Waals surface area (Å²) in [6, 6.07) is 4.78. The van der Waals surface area contributed by atoms with Gasteiger partial charge in [0.2, 0.25) is 10.0 Å². The van der Waals surface area contributed by atoms with Crippen molar-refractivity contribution in [3.63, 3.8) is 0 Å². The Labute approximate surface area is 111 Å². The first-order valence-electron chi connectivity index (χ1n) is 5.26. The van der Waals surface area contributed by atoms with Crippen LogP contribution in [0.25, 0.3) is 0 Å². The lowest BCUT2D eigenvalue weighted by molar-refractivity contribution is -0.142. The number of ether oxygens (including phenoxy) is 1. The maximum Gasteiger partial charge on any atom is 0.323 e. The van der Waals surface area contributed by atoms with Crippen molar-refractivity contribution in [3.05, 3.63) is 29.3 Å². The van der Waals surface area contributed by atoms with E-state index in [1.807, 2.05) is 0 Å². The topological polar surface area (TPSA) is 72.5 Å². The number of carbonyl (C=O) groups is 1. The van der Waals surface area contributed by atoms with Crippen molar-refractivity contribution in [2.75, 3.05) is 7.11 Å². The molecule has 0 saturated carbocycles. The van der Waals surface area contributed by atoms with Crippen LogP contribution in [0.3, 0.4) is 0 Å². The molecule has 100 valence electrons. The molecule has 0 bridgehead atoms. The first kappa shape index (κ1) is 14.9. The van der Waals surface area contributed by atoms with Crippen molar-refractivity contribution in [2.45, 2.75) is 24.3 Å². The van der Waals surface area contributed by atoms with Gasteiger partial charge in [-0.2, -0.15) is 4.72 Å². The molecule has 0 saturated heterocycles. The van der Waals surface area contributed by atoms with Gasteiger partial charge in [-0.1, -0.05) is 18.5 Å². The van der Waals surface area contributed by atoms with E-state index in [-0.39, 0.29) is 4.90 Å². The van der Waals surface area contributed by atoms with Crippen molar-refractivity contribution >= 4 is 27.6 Å². The fraction of sp³-hybridized carbons (Fsp3) is 0.364. The molecular weight excluding hydrogens is 278 g/mol. The summed E-state index contributed by atoms with van der Waals surface area (Å²) in [5, 5.41) is 0.439. The summed E-state index contributed by atoms with van der Waals surface area (Å²) in [5.41, 5.74) is 0. The first-order valence-corrected chi connectivity index (χ1v) is 7.12. The van der Waals surface area contributed by atoms with Crippen LogP contribution in [-0.2, 0) is 19.6 Å². The molecule has 0 aromatic heterocycles. The lowest BCUT2D eigenvalue weighted by Gasteiger charge is -2.14. The minimum Gasteiger partial charge on any atom is -0.468 e. The van der Waals surface area contributed by atoms with Crippen molar-refractivity contribution in [2.24, 2.45) is 0 Å². The Hall–Kier alpha value is -1.11. The minimum absolute atomic E-state index is 0.0502. The minimum atomic E-state index is -3.75. The average Bonchev–Trinajstić information content (AvgIpc) is 2.35. The normalized spacial score (nSPS) is 13.1. The van der Waals surface area contributed by atoms with E-state index in [4.69, 9.17) is 11.6 Å². The van der Waals surface area contributed by atoms with Crippen LogP contribution < -0.4 is 4.72 Å². The van der Waals surface area contributed by atoms with E-state index in [9.17, 15) is 13.2 Å². The lowest BCUT2D eigenvalue weighted by atomic mass is 10.2. The summed E-state index contributed by atoms with van der Waals surface area (Å²) in [7, 11) is -2.54. The number of carbonyl (C=O) groups excluding carboxylic acids is 1. The molecule has 0 amide bonds.